The second-order valence-electron chi connectivity index (χ2n) is 3.52. The fourth-order valence-corrected chi connectivity index (χ4v) is 1.33. The molecule has 1 rings (SSSR count). The van der Waals surface area contributed by atoms with Crippen molar-refractivity contribution in [3.05, 3.63) is 41.5 Å². The highest BCUT2D eigenvalue weighted by Crippen LogP contribution is 2.17. The quantitative estimate of drug-likeness (QED) is 0.779. The smallest absolute Gasteiger partial charge is 0.337 e. The van der Waals surface area contributed by atoms with Crippen LogP contribution in [0.4, 0.5) is 5.69 Å². The third-order valence-electron chi connectivity index (χ3n) is 2.17. The van der Waals surface area contributed by atoms with Crippen molar-refractivity contribution in [3.63, 3.8) is 0 Å². The molecule has 0 unspecified atom stereocenters. The van der Waals surface area contributed by atoms with Crippen molar-refractivity contribution in [1.29, 1.82) is 5.26 Å². The van der Waals surface area contributed by atoms with Crippen molar-refractivity contribution in [1.82, 2.24) is 0 Å². The molecule has 1 aromatic rings. The van der Waals surface area contributed by atoms with Crippen LogP contribution in [0.5, 0.6) is 0 Å². The van der Waals surface area contributed by atoms with Gasteiger partial charge in [-0.3, -0.25) is 4.79 Å². The number of methoxy groups -OCH3 is 1. The van der Waals surface area contributed by atoms with E-state index >= 15 is 0 Å². The fourth-order valence-electron chi connectivity index (χ4n) is 1.33. The molecule has 0 aliphatic heterocycles. The van der Waals surface area contributed by atoms with Gasteiger partial charge in [0.05, 0.1) is 29.5 Å². The van der Waals surface area contributed by atoms with Gasteiger partial charge in [-0.05, 0) is 18.2 Å². The Hall–Kier alpha value is -2.65. The van der Waals surface area contributed by atoms with E-state index in [0.717, 1.165) is 0 Å². The van der Waals surface area contributed by atoms with E-state index in [1.807, 2.05) is 6.07 Å². The van der Waals surface area contributed by atoms with Gasteiger partial charge in [-0.15, -0.1) is 0 Å². The predicted octanol–water partition coefficient (Wildman–Crippen LogP) is 1.40. The Morgan fingerprint density at radius 1 is 1.53 bits per heavy atom. The molecule has 0 aliphatic carbocycles. The van der Waals surface area contributed by atoms with Gasteiger partial charge in [0.25, 0.3) is 0 Å². The number of anilines is 1. The second-order valence-corrected chi connectivity index (χ2v) is 3.52. The van der Waals surface area contributed by atoms with Gasteiger partial charge >= 0.3 is 5.97 Å². The molecule has 0 heterocycles. The Morgan fingerprint density at radius 2 is 2.26 bits per heavy atom. The average molecular weight is 260 g/mol. The van der Waals surface area contributed by atoms with Crippen molar-refractivity contribution in [2.75, 3.05) is 19.0 Å². The van der Waals surface area contributed by atoms with Gasteiger partial charge in [0, 0.05) is 13.2 Å². The van der Waals surface area contributed by atoms with E-state index < -0.39 is 11.9 Å². The lowest BCUT2D eigenvalue weighted by Crippen LogP contribution is -2.12. The van der Waals surface area contributed by atoms with Crippen LogP contribution in [0.2, 0.25) is 0 Å². The fraction of sp³-hybridized carbons (Fsp3) is 0.154. The lowest BCUT2D eigenvalue weighted by atomic mass is 10.1. The molecule has 0 radical (unpaired) electrons. The summed E-state index contributed by atoms with van der Waals surface area (Å²) in [6.45, 7) is 0.284. The Balaban J connectivity index is 2.92. The number of nitrogens with zero attached hydrogens (tertiary/aromatic N) is 1. The number of rotatable bonds is 5. The summed E-state index contributed by atoms with van der Waals surface area (Å²) in [6, 6.07) is 5.85. The van der Waals surface area contributed by atoms with Gasteiger partial charge in [0.15, 0.2) is 0 Å². The number of hydrogen-bond donors (Lipinski definition) is 2. The average Bonchev–Trinajstić information content (AvgIpc) is 2.39. The number of carboxylic acid groups (broad SMARTS) is 1. The minimum absolute atomic E-state index is 0.132. The number of carboxylic acids is 1. The Bertz CT molecular complexity index is 558. The number of aromatic carboxylic acids is 1. The molecule has 98 valence electrons. The van der Waals surface area contributed by atoms with Crippen LogP contribution in [-0.2, 0) is 9.53 Å². The van der Waals surface area contributed by atoms with Crippen LogP contribution < -0.4 is 5.32 Å². The van der Waals surface area contributed by atoms with Gasteiger partial charge in [-0.25, -0.2) is 4.79 Å². The molecule has 1 amide bonds. The normalized spacial score (nSPS) is 10.1. The van der Waals surface area contributed by atoms with Gasteiger partial charge in [-0.1, -0.05) is 6.08 Å². The minimum Gasteiger partial charge on any atom is -0.478 e. The number of amides is 1. The highest BCUT2D eigenvalue weighted by atomic mass is 16.5. The van der Waals surface area contributed by atoms with Crippen LogP contribution >= 0.6 is 0 Å². The summed E-state index contributed by atoms with van der Waals surface area (Å²) in [5, 5.41) is 20.1. The summed E-state index contributed by atoms with van der Waals surface area (Å²) in [5.41, 5.74) is 0.219. The Labute approximate surface area is 109 Å². The summed E-state index contributed by atoms with van der Waals surface area (Å²) >= 11 is 0. The van der Waals surface area contributed by atoms with Crippen LogP contribution in [0.1, 0.15) is 15.9 Å². The van der Waals surface area contributed by atoms with E-state index in [9.17, 15) is 9.59 Å². The van der Waals surface area contributed by atoms with Crippen LogP contribution in [0.25, 0.3) is 0 Å². The van der Waals surface area contributed by atoms with Crippen molar-refractivity contribution in [3.8, 4) is 6.07 Å². The van der Waals surface area contributed by atoms with Gasteiger partial charge in [0.1, 0.15) is 0 Å². The molecule has 0 bridgehead atoms. The zero-order chi connectivity index (χ0) is 14.3. The molecule has 0 aromatic heterocycles. The first-order valence-electron chi connectivity index (χ1n) is 5.32. The molecule has 0 fully saturated rings. The number of carbonyl (C=O) groups is 2. The molecule has 0 atom stereocenters. The molecule has 0 saturated carbocycles. The SMILES string of the molecule is COC/C=C/C(=O)Nc1ccc(C#N)cc1C(=O)O. The zero-order valence-corrected chi connectivity index (χ0v) is 10.2. The van der Waals surface area contributed by atoms with Crippen molar-refractivity contribution < 1.29 is 19.4 Å². The van der Waals surface area contributed by atoms with Crippen molar-refractivity contribution in [2.45, 2.75) is 0 Å². The standard InChI is InChI=1S/C13H12N2O4/c1-19-6-2-3-12(16)15-11-5-4-9(8-14)7-10(11)13(17)18/h2-5,7H,6H2,1H3,(H,15,16)(H,17,18)/b3-2+. The van der Waals surface area contributed by atoms with Crippen molar-refractivity contribution >= 4 is 17.6 Å². The molecule has 19 heavy (non-hydrogen) atoms. The van der Waals surface area contributed by atoms with E-state index in [-0.39, 0.29) is 23.4 Å². The second kappa shape index (κ2) is 6.93. The third kappa shape index (κ3) is 4.26. The van der Waals surface area contributed by atoms with E-state index in [0.29, 0.717) is 0 Å². The maximum Gasteiger partial charge on any atom is 0.337 e. The van der Waals surface area contributed by atoms with Crippen LogP contribution in [0.3, 0.4) is 0 Å². The maximum absolute atomic E-state index is 11.5. The van der Waals surface area contributed by atoms with E-state index in [4.69, 9.17) is 15.1 Å². The van der Waals surface area contributed by atoms with E-state index in [2.05, 4.69) is 5.32 Å². The van der Waals surface area contributed by atoms with Crippen LogP contribution in [0, 0.1) is 11.3 Å². The molecule has 6 nitrogen and oxygen atoms in total. The van der Waals surface area contributed by atoms with Crippen molar-refractivity contribution in [2.24, 2.45) is 0 Å². The first kappa shape index (κ1) is 14.4. The number of benzene rings is 1. The van der Waals surface area contributed by atoms with Gasteiger partial charge < -0.3 is 15.2 Å². The number of hydrogen-bond acceptors (Lipinski definition) is 4. The van der Waals surface area contributed by atoms with Crippen LogP contribution in [0.15, 0.2) is 30.4 Å². The lowest BCUT2D eigenvalue weighted by molar-refractivity contribution is -0.111. The zero-order valence-electron chi connectivity index (χ0n) is 10.2. The first-order valence-corrected chi connectivity index (χ1v) is 5.32. The summed E-state index contributed by atoms with van der Waals surface area (Å²) < 4.78 is 4.74. The topological polar surface area (TPSA) is 99.4 Å². The number of nitrogens with one attached hydrogen (secondary N) is 1. The summed E-state index contributed by atoms with van der Waals surface area (Å²) in [4.78, 5) is 22.5. The van der Waals surface area contributed by atoms with E-state index in [1.165, 1.54) is 37.5 Å². The number of nitriles is 1. The predicted molar refractivity (Wildman–Crippen MR) is 67.8 cm³/mol. The van der Waals surface area contributed by atoms with Gasteiger partial charge in [-0.2, -0.15) is 5.26 Å². The molecular weight excluding hydrogens is 248 g/mol. The monoisotopic (exact) mass is 260 g/mol. The molecule has 6 heteroatoms. The molecule has 0 aliphatic rings. The molecular formula is C13H12N2O4. The number of ether oxygens (including phenoxy) is 1. The maximum atomic E-state index is 11.5. The molecule has 1 aromatic carbocycles. The van der Waals surface area contributed by atoms with Gasteiger partial charge in [0.2, 0.25) is 5.91 Å². The molecule has 2 N–H and O–H groups in total. The highest BCUT2D eigenvalue weighted by Gasteiger charge is 2.12. The summed E-state index contributed by atoms with van der Waals surface area (Å²) in [7, 11) is 1.49. The lowest BCUT2D eigenvalue weighted by Gasteiger charge is -2.06. The highest BCUT2D eigenvalue weighted by molar-refractivity contribution is 6.04. The largest absolute Gasteiger partial charge is 0.478 e. The summed E-state index contributed by atoms with van der Waals surface area (Å²) in [5.74, 6) is -1.68. The minimum atomic E-state index is -1.21. The van der Waals surface area contributed by atoms with Crippen LogP contribution in [-0.4, -0.2) is 30.7 Å². The summed E-state index contributed by atoms with van der Waals surface area (Å²) in [6.07, 6.45) is 2.74. The molecule has 0 spiro atoms. The third-order valence-corrected chi connectivity index (χ3v) is 2.17. The Morgan fingerprint density at radius 3 is 2.84 bits per heavy atom. The Kier molecular flexibility index (Phi) is 5.26. The van der Waals surface area contributed by atoms with E-state index in [1.54, 1.807) is 0 Å². The number of carbonyl (C=O) groups excluding carboxylic acids is 1. The first-order chi connectivity index (χ1) is 9.08. The molecule has 0 saturated heterocycles.